The number of nitrogens with zero attached hydrogens (tertiary/aromatic N) is 1. The van der Waals surface area contributed by atoms with Crippen molar-refractivity contribution in [2.75, 3.05) is 19.7 Å². The van der Waals surface area contributed by atoms with Crippen molar-refractivity contribution in [3.05, 3.63) is 0 Å². The second kappa shape index (κ2) is 3.35. The lowest BCUT2D eigenvalue weighted by Crippen LogP contribution is -2.37. The van der Waals surface area contributed by atoms with Crippen molar-refractivity contribution < 1.29 is 9.53 Å². The molecule has 0 saturated carbocycles. The van der Waals surface area contributed by atoms with E-state index in [0.717, 1.165) is 6.54 Å². The Morgan fingerprint density at radius 3 is 3.22 bits per heavy atom. The van der Waals surface area contributed by atoms with Crippen LogP contribution in [-0.4, -0.2) is 32.0 Å². The van der Waals surface area contributed by atoms with Gasteiger partial charge in [0.1, 0.15) is 0 Å². The fourth-order valence-corrected chi connectivity index (χ4v) is 0.693. The molecule has 0 aromatic carbocycles. The molecule has 1 N–H and O–H groups in total. The van der Waals surface area contributed by atoms with E-state index in [1.165, 1.54) is 6.08 Å². The Bertz CT molecular complexity index is 125. The fraction of sp³-hybridized carbons (Fsp3) is 0.800. The molecular formula is C5H8N2O2. The molecule has 1 atom stereocenters. The summed E-state index contributed by atoms with van der Waals surface area (Å²) in [6.45, 7) is 2.08. The van der Waals surface area contributed by atoms with Gasteiger partial charge in [-0.25, -0.2) is 4.79 Å². The van der Waals surface area contributed by atoms with Crippen LogP contribution < -0.4 is 5.32 Å². The zero-order chi connectivity index (χ0) is 6.53. The van der Waals surface area contributed by atoms with Crippen LogP contribution in [0, 0.1) is 0 Å². The molecule has 9 heavy (non-hydrogen) atoms. The monoisotopic (exact) mass is 128 g/mol. The van der Waals surface area contributed by atoms with Crippen LogP contribution in [0.1, 0.15) is 0 Å². The molecule has 0 bridgehead atoms. The number of hydrogen-bond donors (Lipinski definition) is 1. The predicted octanol–water partition coefficient (Wildman–Crippen LogP) is -0.732. The SMILES string of the molecule is O=C=NC1CNCCO1. The minimum Gasteiger partial charge on any atom is -0.353 e. The fourth-order valence-electron chi connectivity index (χ4n) is 0.693. The van der Waals surface area contributed by atoms with Gasteiger partial charge in [0.2, 0.25) is 6.08 Å². The summed E-state index contributed by atoms with van der Waals surface area (Å²) in [7, 11) is 0. The van der Waals surface area contributed by atoms with Crippen molar-refractivity contribution in [3.63, 3.8) is 0 Å². The first kappa shape index (κ1) is 6.42. The first-order valence-electron chi connectivity index (χ1n) is 2.83. The summed E-state index contributed by atoms with van der Waals surface area (Å²) < 4.78 is 5.03. The van der Waals surface area contributed by atoms with Gasteiger partial charge in [-0.15, -0.1) is 0 Å². The number of hydrogen-bond acceptors (Lipinski definition) is 4. The molecule has 4 nitrogen and oxygen atoms in total. The Hall–Kier alpha value is -0.700. The normalized spacial score (nSPS) is 26.9. The number of nitrogens with one attached hydrogen (secondary N) is 1. The number of rotatable bonds is 1. The highest BCUT2D eigenvalue weighted by atomic mass is 16.5. The van der Waals surface area contributed by atoms with Crippen molar-refractivity contribution in [3.8, 4) is 0 Å². The van der Waals surface area contributed by atoms with E-state index in [0.29, 0.717) is 13.2 Å². The molecule has 1 unspecified atom stereocenters. The molecule has 1 heterocycles. The maximum atomic E-state index is 9.67. The molecule has 0 aliphatic carbocycles. The number of ether oxygens (including phenoxy) is 1. The minimum absolute atomic E-state index is 0.309. The zero-order valence-corrected chi connectivity index (χ0v) is 4.96. The predicted molar refractivity (Wildman–Crippen MR) is 30.7 cm³/mol. The molecule has 0 aromatic heterocycles. The van der Waals surface area contributed by atoms with Crippen molar-refractivity contribution in [2.45, 2.75) is 6.23 Å². The largest absolute Gasteiger partial charge is 0.353 e. The molecule has 0 aromatic rings. The Kier molecular flexibility index (Phi) is 2.39. The second-order valence-corrected chi connectivity index (χ2v) is 1.75. The smallest absolute Gasteiger partial charge is 0.237 e. The molecule has 4 heteroatoms. The van der Waals surface area contributed by atoms with E-state index in [9.17, 15) is 4.79 Å². The molecule has 1 aliphatic rings. The molecule has 50 valence electrons. The summed E-state index contributed by atoms with van der Waals surface area (Å²) in [4.78, 5) is 13.1. The first-order valence-corrected chi connectivity index (χ1v) is 2.83. The van der Waals surface area contributed by atoms with E-state index >= 15 is 0 Å². The van der Waals surface area contributed by atoms with E-state index < -0.39 is 0 Å². The Morgan fingerprint density at radius 2 is 2.67 bits per heavy atom. The maximum absolute atomic E-state index is 9.67. The lowest BCUT2D eigenvalue weighted by Gasteiger charge is -2.17. The molecule has 1 aliphatic heterocycles. The van der Waals surface area contributed by atoms with Crippen molar-refractivity contribution in [1.82, 2.24) is 5.32 Å². The second-order valence-electron chi connectivity index (χ2n) is 1.75. The lowest BCUT2D eigenvalue weighted by atomic mass is 10.5. The van der Waals surface area contributed by atoms with Crippen LogP contribution in [0.5, 0.6) is 0 Å². The van der Waals surface area contributed by atoms with Crippen LogP contribution in [0.4, 0.5) is 0 Å². The zero-order valence-electron chi connectivity index (χ0n) is 4.96. The van der Waals surface area contributed by atoms with Crippen LogP contribution in [0.3, 0.4) is 0 Å². The number of isocyanates is 1. The number of morpholine rings is 1. The van der Waals surface area contributed by atoms with Crippen LogP contribution >= 0.6 is 0 Å². The molecule has 0 spiro atoms. The molecule has 0 radical (unpaired) electrons. The van der Waals surface area contributed by atoms with Gasteiger partial charge in [0.25, 0.3) is 0 Å². The Labute approximate surface area is 52.9 Å². The van der Waals surface area contributed by atoms with Crippen LogP contribution in [0.2, 0.25) is 0 Å². The lowest BCUT2D eigenvalue weighted by molar-refractivity contribution is 0.0348. The van der Waals surface area contributed by atoms with Gasteiger partial charge in [0.05, 0.1) is 6.61 Å². The third kappa shape index (κ3) is 1.93. The van der Waals surface area contributed by atoms with Gasteiger partial charge in [-0.2, -0.15) is 4.99 Å². The van der Waals surface area contributed by atoms with Gasteiger partial charge in [0, 0.05) is 13.1 Å². The molecule has 0 amide bonds. The highest BCUT2D eigenvalue weighted by Crippen LogP contribution is 1.94. The third-order valence-electron chi connectivity index (χ3n) is 1.10. The van der Waals surface area contributed by atoms with Gasteiger partial charge in [-0.1, -0.05) is 0 Å². The molecular weight excluding hydrogens is 120 g/mol. The average molecular weight is 128 g/mol. The summed E-state index contributed by atoms with van der Waals surface area (Å²) in [5.74, 6) is 0. The molecule has 1 fully saturated rings. The van der Waals surface area contributed by atoms with Gasteiger partial charge < -0.3 is 10.1 Å². The summed E-state index contributed by atoms with van der Waals surface area (Å²) in [5, 5.41) is 3.02. The van der Waals surface area contributed by atoms with Crippen molar-refractivity contribution >= 4 is 6.08 Å². The highest BCUT2D eigenvalue weighted by molar-refractivity contribution is 5.33. The molecule has 1 rings (SSSR count). The Balaban J connectivity index is 2.31. The van der Waals surface area contributed by atoms with E-state index in [1.807, 2.05) is 0 Å². The molecule has 1 saturated heterocycles. The average Bonchev–Trinajstić information content (AvgIpc) is 1.91. The van der Waals surface area contributed by atoms with Gasteiger partial charge >= 0.3 is 0 Å². The summed E-state index contributed by atoms with van der Waals surface area (Å²) in [6, 6.07) is 0. The van der Waals surface area contributed by atoms with E-state index in [2.05, 4.69) is 10.3 Å². The summed E-state index contributed by atoms with van der Waals surface area (Å²) in [6.07, 6.45) is 1.14. The Morgan fingerprint density at radius 1 is 1.78 bits per heavy atom. The van der Waals surface area contributed by atoms with Crippen LogP contribution in [0.15, 0.2) is 4.99 Å². The number of carbonyl (C=O) groups excluding carboxylic acids is 1. The quantitative estimate of drug-likeness (QED) is 0.374. The van der Waals surface area contributed by atoms with E-state index in [4.69, 9.17) is 4.74 Å². The first-order chi connectivity index (χ1) is 4.43. The highest BCUT2D eigenvalue weighted by Gasteiger charge is 2.09. The number of aliphatic imine (C=N–C) groups is 1. The van der Waals surface area contributed by atoms with E-state index in [1.54, 1.807) is 0 Å². The third-order valence-corrected chi connectivity index (χ3v) is 1.10. The maximum Gasteiger partial charge on any atom is 0.237 e. The van der Waals surface area contributed by atoms with Crippen LogP contribution in [-0.2, 0) is 9.53 Å². The van der Waals surface area contributed by atoms with Gasteiger partial charge in [-0.3, -0.25) is 0 Å². The van der Waals surface area contributed by atoms with Crippen LogP contribution in [0.25, 0.3) is 0 Å². The van der Waals surface area contributed by atoms with E-state index in [-0.39, 0.29) is 6.23 Å². The topological polar surface area (TPSA) is 50.7 Å². The van der Waals surface area contributed by atoms with Gasteiger partial charge in [-0.05, 0) is 0 Å². The minimum atomic E-state index is -0.309. The summed E-state index contributed by atoms with van der Waals surface area (Å²) >= 11 is 0. The van der Waals surface area contributed by atoms with Crippen molar-refractivity contribution in [1.29, 1.82) is 0 Å². The van der Waals surface area contributed by atoms with Crippen molar-refractivity contribution in [2.24, 2.45) is 4.99 Å². The van der Waals surface area contributed by atoms with Gasteiger partial charge in [0.15, 0.2) is 6.23 Å². The standard InChI is InChI=1S/C5H8N2O2/c8-4-7-5-3-6-1-2-9-5/h5-6H,1-3H2. The summed E-state index contributed by atoms with van der Waals surface area (Å²) in [5.41, 5.74) is 0.